The Kier molecular flexibility index (Phi) is 5.08. The van der Waals surface area contributed by atoms with Gasteiger partial charge in [-0.3, -0.25) is 4.79 Å². The van der Waals surface area contributed by atoms with E-state index in [1.54, 1.807) is 16.8 Å². The second-order valence-electron chi connectivity index (χ2n) is 6.31. The molecule has 0 aromatic heterocycles. The van der Waals surface area contributed by atoms with Gasteiger partial charge in [-0.05, 0) is 25.7 Å². The zero-order valence-corrected chi connectivity index (χ0v) is 13.0. The Hall–Kier alpha value is -1.30. The second-order valence-corrected chi connectivity index (χ2v) is 6.31. The van der Waals surface area contributed by atoms with Gasteiger partial charge in [0.25, 0.3) is 0 Å². The molecule has 0 saturated carbocycles. The standard InChI is InChI=1S/C15H26N2O4/c1-3-6-15(13(18)19)7-8-17(11-15)14(20)16(2)10-12-5-4-9-21-12/h12H,3-11H2,1-2H3,(H,18,19). The van der Waals surface area contributed by atoms with Gasteiger partial charge in [0.1, 0.15) is 0 Å². The zero-order chi connectivity index (χ0) is 15.5. The van der Waals surface area contributed by atoms with Gasteiger partial charge in [0.15, 0.2) is 0 Å². The SMILES string of the molecule is CCCC1(C(=O)O)CCN(C(=O)N(C)CC2CCCO2)C1. The van der Waals surface area contributed by atoms with Crippen molar-refractivity contribution < 1.29 is 19.4 Å². The number of ether oxygens (including phenoxy) is 1. The summed E-state index contributed by atoms with van der Waals surface area (Å²) in [5, 5.41) is 9.49. The molecular weight excluding hydrogens is 272 g/mol. The number of carboxylic acid groups (broad SMARTS) is 1. The summed E-state index contributed by atoms with van der Waals surface area (Å²) in [7, 11) is 1.77. The quantitative estimate of drug-likeness (QED) is 0.840. The van der Waals surface area contributed by atoms with Gasteiger partial charge in [0, 0.05) is 33.3 Å². The molecule has 0 aromatic rings. The largest absolute Gasteiger partial charge is 0.481 e. The molecule has 1 N–H and O–H groups in total. The van der Waals surface area contributed by atoms with Crippen LogP contribution in [0.3, 0.4) is 0 Å². The number of aliphatic carboxylic acids is 1. The first kappa shape index (κ1) is 16.1. The van der Waals surface area contributed by atoms with Crippen LogP contribution < -0.4 is 0 Å². The molecule has 2 aliphatic heterocycles. The molecule has 2 fully saturated rings. The Bertz CT molecular complexity index is 395. The number of hydrogen-bond acceptors (Lipinski definition) is 3. The first-order chi connectivity index (χ1) is 9.98. The highest BCUT2D eigenvalue weighted by Crippen LogP contribution is 2.36. The molecule has 6 nitrogen and oxygen atoms in total. The summed E-state index contributed by atoms with van der Waals surface area (Å²) in [6.07, 6.45) is 4.17. The fourth-order valence-corrected chi connectivity index (χ4v) is 3.41. The predicted octanol–water partition coefficient (Wildman–Crippen LogP) is 1.79. The van der Waals surface area contributed by atoms with Crippen molar-refractivity contribution in [2.24, 2.45) is 5.41 Å². The number of nitrogens with zero attached hydrogens (tertiary/aromatic N) is 2. The number of carboxylic acids is 1. The van der Waals surface area contributed by atoms with Crippen LogP contribution in [-0.2, 0) is 9.53 Å². The number of likely N-dealkylation sites (N-methyl/N-ethyl adjacent to an activating group) is 1. The van der Waals surface area contributed by atoms with Crippen LogP contribution in [0.25, 0.3) is 0 Å². The van der Waals surface area contributed by atoms with Crippen LogP contribution in [0.2, 0.25) is 0 Å². The van der Waals surface area contributed by atoms with Gasteiger partial charge >= 0.3 is 12.0 Å². The van der Waals surface area contributed by atoms with Crippen molar-refractivity contribution in [3.63, 3.8) is 0 Å². The summed E-state index contributed by atoms with van der Waals surface area (Å²) in [6.45, 7) is 4.20. The number of hydrogen-bond donors (Lipinski definition) is 1. The third-order valence-electron chi connectivity index (χ3n) is 4.63. The highest BCUT2D eigenvalue weighted by atomic mass is 16.5. The number of likely N-dealkylation sites (tertiary alicyclic amines) is 1. The molecule has 0 aliphatic carbocycles. The normalized spacial score (nSPS) is 28.9. The molecule has 0 radical (unpaired) electrons. The lowest BCUT2D eigenvalue weighted by molar-refractivity contribution is -0.148. The van der Waals surface area contributed by atoms with Gasteiger partial charge in [-0.15, -0.1) is 0 Å². The van der Waals surface area contributed by atoms with Gasteiger partial charge in [0.05, 0.1) is 11.5 Å². The van der Waals surface area contributed by atoms with Crippen LogP contribution >= 0.6 is 0 Å². The molecule has 2 unspecified atom stereocenters. The summed E-state index contributed by atoms with van der Waals surface area (Å²) in [5.41, 5.74) is -0.755. The topological polar surface area (TPSA) is 70.1 Å². The highest BCUT2D eigenvalue weighted by molar-refractivity contribution is 5.79. The van der Waals surface area contributed by atoms with Crippen molar-refractivity contribution >= 4 is 12.0 Å². The number of rotatable bonds is 5. The van der Waals surface area contributed by atoms with Crippen molar-refractivity contribution in [2.45, 2.75) is 45.1 Å². The van der Waals surface area contributed by atoms with Crippen molar-refractivity contribution in [3.05, 3.63) is 0 Å². The minimum absolute atomic E-state index is 0.0790. The van der Waals surface area contributed by atoms with Gasteiger partial charge in [-0.2, -0.15) is 0 Å². The van der Waals surface area contributed by atoms with Crippen molar-refractivity contribution in [3.8, 4) is 0 Å². The molecule has 2 heterocycles. The van der Waals surface area contributed by atoms with Crippen molar-refractivity contribution in [1.82, 2.24) is 9.80 Å². The maximum atomic E-state index is 12.5. The summed E-state index contributed by atoms with van der Waals surface area (Å²) >= 11 is 0. The van der Waals surface area contributed by atoms with Gasteiger partial charge in [-0.25, -0.2) is 4.79 Å². The second kappa shape index (κ2) is 6.64. The first-order valence-corrected chi connectivity index (χ1v) is 7.83. The van der Waals surface area contributed by atoms with Crippen LogP contribution in [0.4, 0.5) is 4.79 Å². The Labute approximate surface area is 126 Å². The predicted molar refractivity (Wildman–Crippen MR) is 78.2 cm³/mol. The smallest absolute Gasteiger partial charge is 0.319 e. The van der Waals surface area contributed by atoms with Crippen LogP contribution in [0.1, 0.15) is 39.0 Å². The third kappa shape index (κ3) is 3.48. The Morgan fingerprint density at radius 1 is 1.48 bits per heavy atom. The monoisotopic (exact) mass is 298 g/mol. The van der Waals surface area contributed by atoms with Gasteiger partial charge < -0.3 is 19.6 Å². The molecule has 21 heavy (non-hydrogen) atoms. The number of amides is 2. The molecule has 2 saturated heterocycles. The first-order valence-electron chi connectivity index (χ1n) is 7.83. The Balaban J connectivity index is 1.92. The molecule has 0 aromatic carbocycles. The summed E-state index contributed by atoms with van der Waals surface area (Å²) in [6, 6.07) is -0.0790. The van der Waals surface area contributed by atoms with E-state index in [2.05, 4.69) is 0 Å². The molecule has 2 atom stereocenters. The van der Waals surface area contributed by atoms with E-state index in [0.717, 1.165) is 25.9 Å². The molecule has 2 amide bonds. The third-order valence-corrected chi connectivity index (χ3v) is 4.63. The minimum Gasteiger partial charge on any atom is -0.481 e. The molecule has 0 bridgehead atoms. The van der Waals surface area contributed by atoms with E-state index in [4.69, 9.17) is 4.74 Å². The van der Waals surface area contributed by atoms with E-state index < -0.39 is 11.4 Å². The lowest BCUT2D eigenvalue weighted by Gasteiger charge is -2.28. The number of carbonyl (C=O) groups is 2. The Morgan fingerprint density at radius 2 is 2.24 bits per heavy atom. The van der Waals surface area contributed by atoms with Crippen LogP contribution in [0, 0.1) is 5.41 Å². The molecule has 2 aliphatic rings. The summed E-state index contributed by atoms with van der Waals surface area (Å²) < 4.78 is 5.55. The average molecular weight is 298 g/mol. The minimum atomic E-state index is -0.776. The number of urea groups is 1. The van der Waals surface area contributed by atoms with Gasteiger partial charge in [-0.1, -0.05) is 13.3 Å². The molecular formula is C15H26N2O4. The lowest BCUT2D eigenvalue weighted by Crippen LogP contribution is -2.44. The van der Waals surface area contributed by atoms with E-state index in [-0.39, 0.29) is 12.1 Å². The summed E-state index contributed by atoms with van der Waals surface area (Å²) in [4.78, 5) is 27.4. The zero-order valence-electron chi connectivity index (χ0n) is 13.0. The van der Waals surface area contributed by atoms with E-state index in [1.807, 2.05) is 6.92 Å². The molecule has 6 heteroatoms. The number of carbonyl (C=O) groups excluding carboxylic acids is 1. The fourth-order valence-electron chi connectivity index (χ4n) is 3.41. The van der Waals surface area contributed by atoms with E-state index in [1.165, 1.54) is 0 Å². The van der Waals surface area contributed by atoms with Crippen LogP contribution in [0.15, 0.2) is 0 Å². The maximum Gasteiger partial charge on any atom is 0.319 e. The van der Waals surface area contributed by atoms with Crippen molar-refractivity contribution in [1.29, 1.82) is 0 Å². The van der Waals surface area contributed by atoms with E-state index in [0.29, 0.717) is 32.5 Å². The Morgan fingerprint density at radius 3 is 2.81 bits per heavy atom. The molecule has 0 spiro atoms. The molecule has 2 rings (SSSR count). The van der Waals surface area contributed by atoms with Crippen LogP contribution in [-0.4, -0.2) is 66.3 Å². The molecule has 120 valence electrons. The summed E-state index contributed by atoms with van der Waals surface area (Å²) in [5.74, 6) is -0.776. The van der Waals surface area contributed by atoms with E-state index in [9.17, 15) is 14.7 Å². The van der Waals surface area contributed by atoms with Crippen molar-refractivity contribution in [2.75, 3.05) is 33.3 Å². The van der Waals surface area contributed by atoms with Crippen LogP contribution in [0.5, 0.6) is 0 Å². The maximum absolute atomic E-state index is 12.5. The lowest BCUT2D eigenvalue weighted by atomic mass is 9.83. The highest BCUT2D eigenvalue weighted by Gasteiger charge is 2.46. The van der Waals surface area contributed by atoms with E-state index >= 15 is 0 Å². The average Bonchev–Trinajstić information content (AvgIpc) is 3.08. The fraction of sp³-hybridized carbons (Fsp3) is 0.867. The van der Waals surface area contributed by atoms with Gasteiger partial charge in [0.2, 0.25) is 0 Å².